The summed E-state index contributed by atoms with van der Waals surface area (Å²) >= 11 is 0. The number of rotatable bonds is 3. The fourth-order valence-electron chi connectivity index (χ4n) is 3.37. The monoisotopic (exact) mass is 293 g/mol. The van der Waals surface area contributed by atoms with Crippen molar-refractivity contribution < 1.29 is 13.3 Å². The van der Waals surface area contributed by atoms with Gasteiger partial charge in [-0.3, -0.25) is 10.1 Å². The number of nitrogens with zero attached hydrogens (tertiary/aromatic N) is 1. The summed E-state index contributed by atoms with van der Waals surface area (Å²) in [6.45, 7) is 0. The van der Waals surface area contributed by atoms with Crippen molar-refractivity contribution in [3.05, 3.63) is 52.6 Å². The zero-order chi connectivity index (χ0) is 14.4. The van der Waals surface area contributed by atoms with Gasteiger partial charge in [0.05, 0.1) is 10.8 Å². The first kappa shape index (κ1) is 13.3. The SMILES string of the molecule is O=[N+]([O-])[C@]1(S(=O)(=O)c2ccccc2)C[C@@H]2C=C[C@H]1CC2. The van der Waals surface area contributed by atoms with Gasteiger partial charge in [0.1, 0.15) is 0 Å². The fourth-order valence-corrected chi connectivity index (χ4v) is 5.52. The first-order valence-corrected chi connectivity index (χ1v) is 8.09. The molecular weight excluding hydrogens is 278 g/mol. The number of fused-ring (bicyclic) bond motifs is 2. The normalized spacial score (nSPS) is 32.2. The summed E-state index contributed by atoms with van der Waals surface area (Å²) in [5, 5.41) is 11.7. The van der Waals surface area contributed by atoms with Crippen LogP contribution in [0.5, 0.6) is 0 Å². The van der Waals surface area contributed by atoms with Crippen molar-refractivity contribution in [1.29, 1.82) is 0 Å². The first-order valence-electron chi connectivity index (χ1n) is 6.61. The molecule has 1 fully saturated rings. The second-order valence-electron chi connectivity index (χ2n) is 5.45. The van der Waals surface area contributed by atoms with Gasteiger partial charge in [-0.2, -0.15) is 0 Å². The lowest BCUT2D eigenvalue weighted by Gasteiger charge is -2.40. The van der Waals surface area contributed by atoms with Gasteiger partial charge in [-0.15, -0.1) is 0 Å². The molecule has 3 aliphatic rings. The van der Waals surface area contributed by atoms with E-state index in [4.69, 9.17) is 0 Å². The minimum atomic E-state index is -4.00. The average Bonchev–Trinajstić information content (AvgIpc) is 2.48. The average molecular weight is 293 g/mol. The second kappa shape index (κ2) is 4.41. The molecule has 0 unspecified atom stereocenters. The van der Waals surface area contributed by atoms with Crippen LogP contribution in [0, 0.1) is 22.0 Å². The zero-order valence-corrected chi connectivity index (χ0v) is 11.6. The summed E-state index contributed by atoms with van der Waals surface area (Å²) in [6.07, 6.45) is 5.13. The van der Waals surface area contributed by atoms with Crippen LogP contribution in [-0.4, -0.2) is 18.2 Å². The van der Waals surface area contributed by atoms with Crippen LogP contribution >= 0.6 is 0 Å². The summed E-state index contributed by atoms with van der Waals surface area (Å²) in [5.41, 5.74) is 0. The van der Waals surface area contributed by atoms with Gasteiger partial charge in [0.2, 0.25) is 9.84 Å². The highest BCUT2D eigenvalue weighted by Gasteiger charge is 2.64. The third-order valence-corrected chi connectivity index (χ3v) is 6.87. The van der Waals surface area contributed by atoms with Crippen molar-refractivity contribution >= 4 is 9.84 Å². The Kier molecular flexibility index (Phi) is 2.93. The van der Waals surface area contributed by atoms with Crippen LogP contribution in [-0.2, 0) is 9.84 Å². The molecule has 0 saturated heterocycles. The molecule has 3 aliphatic carbocycles. The molecule has 0 spiro atoms. The molecule has 6 heteroatoms. The highest BCUT2D eigenvalue weighted by molar-refractivity contribution is 7.92. The van der Waals surface area contributed by atoms with E-state index in [-0.39, 0.29) is 17.2 Å². The third kappa shape index (κ3) is 1.64. The third-order valence-electron chi connectivity index (χ3n) is 4.43. The van der Waals surface area contributed by atoms with Gasteiger partial charge in [0, 0.05) is 11.3 Å². The van der Waals surface area contributed by atoms with E-state index in [1.54, 1.807) is 24.3 Å². The lowest BCUT2D eigenvalue weighted by atomic mass is 9.72. The predicted octanol–water partition coefficient (Wildman–Crippen LogP) is 2.42. The van der Waals surface area contributed by atoms with E-state index in [9.17, 15) is 18.5 Å². The lowest BCUT2D eigenvalue weighted by Crippen LogP contribution is -2.56. The van der Waals surface area contributed by atoms with E-state index in [1.807, 2.05) is 6.08 Å². The van der Waals surface area contributed by atoms with Gasteiger partial charge in [0.25, 0.3) is 0 Å². The van der Waals surface area contributed by atoms with Crippen molar-refractivity contribution in [2.75, 3.05) is 0 Å². The Morgan fingerprint density at radius 1 is 1.15 bits per heavy atom. The summed E-state index contributed by atoms with van der Waals surface area (Å²) < 4.78 is 25.7. The Morgan fingerprint density at radius 3 is 2.30 bits per heavy atom. The van der Waals surface area contributed by atoms with Crippen LogP contribution < -0.4 is 0 Å². The summed E-state index contributed by atoms with van der Waals surface area (Å²) in [6, 6.07) is 7.76. The summed E-state index contributed by atoms with van der Waals surface area (Å²) in [5.74, 6) is -0.545. The lowest BCUT2D eigenvalue weighted by molar-refractivity contribution is -0.554. The van der Waals surface area contributed by atoms with Crippen molar-refractivity contribution in [3.63, 3.8) is 0 Å². The van der Waals surface area contributed by atoms with Crippen LogP contribution in [0.15, 0.2) is 47.4 Å². The maximum atomic E-state index is 12.9. The van der Waals surface area contributed by atoms with Crippen LogP contribution in [0.25, 0.3) is 0 Å². The minimum Gasteiger partial charge on any atom is -0.263 e. The molecule has 0 amide bonds. The molecular formula is C14H15NO4S. The van der Waals surface area contributed by atoms with E-state index >= 15 is 0 Å². The number of hydrogen-bond donors (Lipinski definition) is 0. The van der Waals surface area contributed by atoms with Gasteiger partial charge < -0.3 is 0 Å². The smallest absolute Gasteiger partial charge is 0.263 e. The molecule has 3 atom stereocenters. The number of sulfone groups is 1. The van der Waals surface area contributed by atoms with Crippen LogP contribution in [0.2, 0.25) is 0 Å². The largest absolute Gasteiger partial charge is 0.329 e. The van der Waals surface area contributed by atoms with Gasteiger partial charge >= 0.3 is 4.87 Å². The van der Waals surface area contributed by atoms with Gasteiger partial charge in [-0.25, -0.2) is 8.42 Å². The van der Waals surface area contributed by atoms with E-state index in [1.165, 1.54) is 12.1 Å². The number of allylic oxidation sites excluding steroid dienone is 1. The molecule has 1 aromatic rings. The molecule has 106 valence electrons. The Labute approximate surface area is 117 Å². The van der Waals surface area contributed by atoms with Gasteiger partial charge in [0.15, 0.2) is 0 Å². The second-order valence-corrected chi connectivity index (χ2v) is 7.64. The van der Waals surface area contributed by atoms with E-state index < -0.39 is 25.5 Å². The van der Waals surface area contributed by atoms with E-state index in [0.29, 0.717) is 6.42 Å². The molecule has 20 heavy (non-hydrogen) atoms. The predicted molar refractivity (Wildman–Crippen MR) is 73.3 cm³/mol. The standard InChI is InChI=1S/C14H15NO4S/c16-15(17)14(10-11-6-8-12(14)9-7-11)20(18,19)13-4-2-1-3-5-13/h1-6,8,11-12H,7,9-10H2/t11-,12+,14+/m1/s1. The molecule has 0 heterocycles. The van der Waals surface area contributed by atoms with Crippen molar-refractivity contribution in [3.8, 4) is 0 Å². The quantitative estimate of drug-likeness (QED) is 0.487. The summed E-state index contributed by atoms with van der Waals surface area (Å²) in [7, 11) is -4.00. The summed E-state index contributed by atoms with van der Waals surface area (Å²) in [4.78, 5) is 9.25. The van der Waals surface area contributed by atoms with Gasteiger partial charge in [-0.05, 0) is 30.9 Å². The first-order chi connectivity index (χ1) is 9.48. The maximum absolute atomic E-state index is 12.9. The number of nitro groups is 1. The van der Waals surface area contributed by atoms with Crippen LogP contribution in [0.4, 0.5) is 0 Å². The molecule has 0 aliphatic heterocycles. The number of hydrogen-bond acceptors (Lipinski definition) is 4. The van der Waals surface area contributed by atoms with E-state index in [0.717, 1.165) is 6.42 Å². The fraction of sp³-hybridized carbons (Fsp3) is 0.429. The molecule has 0 radical (unpaired) electrons. The highest BCUT2D eigenvalue weighted by atomic mass is 32.2. The molecule has 2 bridgehead atoms. The Bertz CT molecular complexity index is 668. The zero-order valence-electron chi connectivity index (χ0n) is 10.8. The molecule has 0 aromatic heterocycles. The number of benzene rings is 1. The van der Waals surface area contributed by atoms with Crippen molar-refractivity contribution in [2.24, 2.45) is 11.8 Å². The van der Waals surface area contributed by atoms with E-state index in [2.05, 4.69) is 0 Å². The minimum absolute atomic E-state index is 0.0103. The molecule has 1 aromatic carbocycles. The Balaban J connectivity index is 2.18. The van der Waals surface area contributed by atoms with Crippen molar-refractivity contribution in [2.45, 2.75) is 29.0 Å². The molecule has 4 rings (SSSR count). The van der Waals surface area contributed by atoms with Crippen molar-refractivity contribution in [1.82, 2.24) is 0 Å². The Morgan fingerprint density at radius 2 is 1.85 bits per heavy atom. The molecule has 5 nitrogen and oxygen atoms in total. The topological polar surface area (TPSA) is 77.3 Å². The Hall–Kier alpha value is -1.69. The maximum Gasteiger partial charge on any atom is 0.329 e. The molecule has 0 N–H and O–H groups in total. The molecule has 1 saturated carbocycles. The van der Waals surface area contributed by atoms with Crippen LogP contribution in [0.1, 0.15) is 19.3 Å². The highest BCUT2D eigenvalue weighted by Crippen LogP contribution is 2.49. The van der Waals surface area contributed by atoms with Crippen LogP contribution in [0.3, 0.4) is 0 Å². The van der Waals surface area contributed by atoms with Gasteiger partial charge in [-0.1, -0.05) is 30.4 Å².